The molecule has 1 aromatic heterocycles. The summed E-state index contributed by atoms with van der Waals surface area (Å²) in [6.07, 6.45) is 6.85. The fourth-order valence-corrected chi connectivity index (χ4v) is 4.60. The highest BCUT2D eigenvalue weighted by molar-refractivity contribution is 5.98. The summed E-state index contributed by atoms with van der Waals surface area (Å²) in [7, 11) is 1.82. The molecule has 8 heteroatoms. The van der Waals surface area contributed by atoms with Crippen molar-refractivity contribution in [2.75, 3.05) is 24.5 Å². The molecule has 4 atom stereocenters. The molecule has 2 heterocycles. The van der Waals surface area contributed by atoms with Crippen LogP contribution in [0.15, 0.2) is 12.4 Å². The normalized spacial score (nSPS) is 32.2. The van der Waals surface area contributed by atoms with Gasteiger partial charge in [0.05, 0.1) is 17.8 Å². The van der Waals surface area contributed by atoms with Gasteiger partial charge in [-0.1, -0.05) is 0 Å². The van der Waals surface area contributed by atoms with Gasteiger partial charge >= 0.3 is 0 Å². The first kappa shape index (κ1) is 17.2. The highest BCUT2D eigenvalue weighted by Crippen LogP contribution is 2.48. The molecule has 4 unspecified atom stereocenters. The molecule has 7 nitrogen and oxygen atoms in total. The van der Waals surface area contributed by atoms with Crippen LogP contribution in [0.1, 0.15) is 19.3 Å². The highest BCUT2D eigenvalue weighted by atomic mass is 35.5. The third-order valence-corrected chi connectivity index (χ3v) is 5.80. The van der Waals surface area contributed by atoms with E-state index in [1.165, 1.54) is 0 Å². The van der Waals surface area contributed by atoms with Crippen LogP contribution < -0.4 is 10.6 Å². The van der Waals surface area contributed by atoms with Crippen LogP contribution in [0.5, 0.6) is 0 Å². The summed E-state index contributed by atoms with van der Waals surface area (Å²) in [4.78, 5) is 28.7. The molecule has 2 N–H and O–H groups in total. The summed E-state index contributed by atoms with van der Waals surface area (Å²) >= 11 is 0. The number of carbonyl (C=O) groups is 2. The molecule has 2 aliphatic carbocycles. The van der Waals surface area contributed by atoms with Crippen molar-refractivity contribution in [2.45, 2.75) is 25.3 Å². The van der Waals surface area contributed by atoms with Crippen LogP contribution in [0.2, 0.25) is 0 Å². The summed E-state index contributed by atoms with van der Waals surface area (Å²) in [5.41, 5.74) is 7.07. The van der Waals surface area contributed by atoms with E-state index < -0.39 is 0 Å². The second kappa shape index (κ2) is 6.37. The Kier molecular flexibility index (Phi) is 4.57. The molecule has 2 amide bonds. The van der Waals surface area contributed by atoms with E-state index in [-0.39, 0.29) is 42.7 Å². The SMILES string of the molecule is Cl.Cn1cc(N2CCN(C(=O)C3C4CCC(C4)C3N)CC2=O)cn1. The van der Waals surface area contributed by atoms with Crippen LogP contribution in [0.25, 0.3) is 0 Å². The molecule has 2 saturated carbocycles. The van der Waals surface area contributed by atoms with Crippen molar-refractivity contribution in [2.24, 2.45) is 30.5 Å². The minimum absolute atomic E-state index is 0. The largest absolute Gasteiger partial charge is 0.331 e. The van der Waals surface area contributed by atoms with Crippen LogP contribution in [0.3, 0.4) is 0 Å². The number of nitrogens with zero attached hydrogens (tertiary/aromatic N) is 4. The zero-order valence-electron chi connectivity index (χ0n) is 13.8. The predicted molar refractivity (Wildman–Crippen MR) is 91.7 cm³/mol. The topological polar surface area (TPSA) is 84.5 Å². The molecule has 4 rings (SSSR count). The monoisotopic (exact) mass is 353 g/mol. The fraction of sp³-hybridized carbons (Fsp3) is 0.688. The minimum Gasteiger partial charge on any atom is -0.331 e. The van der Waals surface area contributed by atoms with Gasteiger partial charge in [-0.15, -0.1) is 12.4 Å². The van der Waals surface area contributed by atoms with Crippen LogP contribution in [-0.2, 0) is 16.6 Å². The maximum absolute atomic E-state index is 12.9. The first-order valence-electron chi connectivity index (χ1n) is 8.38. The maximum Gasteiger partial charge on any atom is 0.246 e. The number of piperazine rings is 1. The number of aryl methyl sites for hydroxylation is 1. The third-order valence-electron chi connectivity index (χ3n) is 5.80. The minimum atomic E-state index is -0.0773. The van der Waals surface area contributed by atoms with E-state index in [1.807, 2.05) is 13.2 Å². The number of fused-ring (bicyclic) bond motifs is 2. The summed E-state index contributed by atoms with van der Waals surface area (Å²) in [6, 6.07) is -0.0206. The standard InChI is InChI=1S/C16H23N5O2.ClH/c1-19-8-12(7-18-19)21-5-4-20(9-13(21)22)16(23)14-10-2-3-11(6-10)15(14)17;/h7-8,10-11,14-15H,2-6,9,17H2,1H3;1H. The van der Waals surface area contributed by atoms with Gasteiger partial charge in [-0.25, -0.2) is 0 Å². The molecule has 0 spiro atoms. The van der Waals surface area contributed by atoms with Crippen molar-refractivity contribution >= 4 is 29.9 Å². The van der Waals surface area contributed by atoms with Gasteiger partial charge < -0.3 is 15.5 Å². The van der Waals surface area contributed by atoms with E-state index in [9.17, 15) is 9.59 Å². The number of anilines is 1. The molecule has 1 saturated heterocycles. The molecule has 3 fully saturated rings. The number of aromatic nitrogens is 2. The Balaban J connectivity index is 0.00000169. The Bertz CT molecular complexity index is 646. The van der Waals surface area contributed by atoms with E-state index >= 15 is 0 Å². The number of halogens is 1. The lowest BCUT2D eigenvalue weighted by Crippen LogP contribution is -2.56. The van der Waals surface area contributed by atoms with Gasteiger partial charge in [-0.2, -0.15) is 5.10 Å². The van der Waals surface area contributed by atoms with Crippen LogP contribution in [0, 0.1) is 17.8 Å². The molecular formula is C16H24ClN5O2. The Morgan fingerprint density at radius 2 is 2.04 bits per heavy atom. The Hall–Kier alpha value is -1.60. The van der Waals surface area contributed by atoms with Crippen molar-refractivity contribution in [3.63, 3.8) is 0 Å². The summed E-state index contributed by atoms with van der Waals surface area (Å²) < 4.78 is 1.68. The number of hydrogen-bond donors (Lipinski definition) is 1. The fourth-order valence-electron chi connectivity index (χ4n) is 4.60. The zero-order valence-corrected chi connectivity index (χ0v) is 14.6. The highest BCUT2D eigenvalue weighted by Gasteiger charge is 2.50. The molecule has 132 valence electrons. The zero-order chi connectivity index (χ0) is 16.1. The second-order valence-corrected chi connectivity index (χ2v) is 7.11. The van der Waals surface area contributed by atoms with E-state index in [2.05, 4.69) is 5.10 Å². The van der Waals surface area contributed by atoms with Gasteiger partial charge in [0.15, 0.2) is 0 Å². The van der Waals surface area contributed by atoms with Gasteiger partial charge in [0.2, 0.25) is 11.8 Å². The van der Waals surface area contributed by atoms with E-state index in [1.54, 1.807) is 20.7 Å². The van der Waals surface area contributed by atoms with Gasteiger partial charge in [-0.05, 0) is 31.1 Å². The van der Waals surface area contributed by atoms with Crippen molar-refractivity contribution in [3.05, 3.63) is 12.4 Å². The average Bonchev–Trinajstić information content (AvgIpc) is 3.22. The van der Waals surface area contributed by atoms with E-state index in [0.29, 0.717) is 24.9 Å². The predicted octanol–water partition coefficient (Wildman–Crippen LogP) is 0.391. The summed E-state index contributed by atoms with van der Waals surface area (Å²) in [5, 5.41) is 4.10. The second-order valence-electron chi connectivity index (χ2n) is 7.11. The Morgan fingerprint density at radius 1 is 1.29 bits per heavy atom. The average molecular weight is 354 g/mol. The molecule has 2 bridgehead atoms. The van der Waals surface area contributed by atoms with E-state index in [4.69, 9.17) is 5.73 Å². The molecule has 24 heavy (non-hydrogen) atoms. The van der Waals surface area contributed by atoms with Crippen molar-refractivity contribution in [1.29, 1.82) is 0 Å². The number of nitrogens with two attached hydrogens (primary N) is 1. The molecule has 0 radical (unpaired) electrons. The Labute approximate surface area is 147 Å². The number of rotatable bonds is 2. The number of amides is 2. The lowest BCUT2D eigenvalue weighted by atomic mass is 9.84. The molecule has 3 aliphatic rings. The van der Waals surface area contributed by atoms with E-state index in [0.717, 1.165) is 24.9 Å². The number of carbonyl (C=O) groups excluding carboxylic acids is 2. The lowest BCUT2D eigenvalue weighted by Gasteiger charge is -2.37. The summed E-state index contributed by atoms with van der Waals surface area (Å²) in [5.74, 6) is 0.889. The van der Waals surface area contributed by atoms with Crippen molar-refractivity contribution in [3.8, 4) is 0 Å². The smallest absolute Gasteiger partial charge is 0.246 e. The quantitative estimate of drug-likeness (QED) is 0.833. The van der Waals surface area contributed by atoms with Crippen LogP contribution in [-0.4, -0.2) is 52.2 Å². The lowest BCUT2D eigenvalue weighted by molar-refractivity contribution is -0.142. The number of hydrogen-bond acceptors (Lipinski definition) is 4. The van der Waals surface area contributed by atoms with Crippen LogP contribution >= 0.6 is 12.4 Å². The Morgan fingerprint density at radius 3 is 2.62 bits per heavy atom. The van der Waals surface area contributed by atoms with Crippen LogP contribution in [0.4, 0.5) is 5.69 Å². The summed E-state index contributed by atoms with van der Waals surface area (Å²) in [6.45, 7) is 1.24. The van der Waals surface area contributed by atoms with Gasteiger partial charge in [0.25, 0.3) is 0 Å². The third kappa shape index (κ3) is 2.69. The van der Waals surface area contributed by atoms with Crippen molar-refractivity contribution in [1.82, 2.24) is 14.7 Å². The van der Waals surface area contributed by atoms with Gasteiger partial charge in [0.1, 0.15) is 6.54 Å². The van der Waals surface area contributed by atoms with Crippen molar-refractivity contribution < 1.29 is 9.59 Å². The first-order chi connectivity index (χ1) is 11.0. The van der Waals surface area contributed by atoms with Gasteiger partial charge in [-0.3, -0.25) is 14.3 Å². The maximum atomic E-state index is 12.9. The molecule has 1 aromatic rings. The first-order valence-corrected chi connectivity index (χ1v) is 8.38. The molecular weight excluding hydrogens is 330 g/mol. The van der Waals surface area contributed by atoms with Gasteiger partial charge in [0, 0.05) is 32.4 Å². The molecule has 1 aliphatic heterocycles. The molecule has 0 aromatic carbocycles.